The summed E-state index contributed by atoms with van der Waals surface area (Å²) < 4.78 is 0. The molecule has 0 spiro atoms. The van der Waals surface area contributed by atoms with Gasteiger partial charge in [-0.2, -0.15) is 0 Å². The van der Waals surface area contributed by atoms with Crippen molar-refractivity contribution in [1.82, 2.24) is 4.98 Å². The van der Waals surface area contributed by atoms with Gasteiger partial charge in [0, 0.05) is 24.2 Å². The molecule has 1 heterocycles. The first-order valence-corrected chi connectivity index (χ1v) is 18.7. The van der Waals surface area contributed by atoms with Crippen molar-refractivity contribution in [2.24, 2.45) is 11.3 Å². The molecule has 2 unspecified atom stereocenters. The highest BCUT2D eigenvalue weighted by molar-refractivity contribution is 6.10. The monoisotopic (exact) mass is 667 g/mol. The molecular formula is C51H41N. The molecule has 7 aromatic rings. The maximum atomic E-state index is 4.37. The lowest BCUT2D eigenvalue weighted by atomic mass is 9.65. The standard InChI is InChI=1S/C51H41N/c1-31-38-24-25-44-45(33-20-18-32(19-21-33)37-13-10-26-52-30-37)29-46(43-23-22-36(49(38)50(43)44)28-47(31)51(2,3)4)34-11-9-12-35(27-34)48-41-16-7-5-14-39(41)40-15-6-8-17-42(40)48/h5-31,38,48H,1-4H3. The van der Waals surface area contributed by atoms with Crippen LogP contribution in [0.5, 0.6) is 0 Å². The fourth-order valence-electron chi connectivity index (χ4n) is 9.60. The number of hydrogen-bond acceptors (Lipinski definition) is 1. The van der Waals surface area contributed by atoms with E-state index in [-0.39, 0.29) is 11.3 Å². The molecule has 0 saturated heterocycles. The molecule has 2 atom stereocenters. The molecule has 0 radical (unpaired) electrons. The largest absolute Gasteiger partial charge is 0.264 e. The number of nitrogens with zero attached hydrogens (tertiary/aromatic N) is 1. The van der Waals surface area contributed by atoms with Crippen LogP contribution in [0.4, 0.5) is 0 Å². The third-order valence-corrected chi connectivity index (χ3v) is 12.0. The van der Waals surface area contributed by atoms with Gasteiger partial charge in [0.1, 0.15) is 0 Å². The van der Waals surface area contributed by atoms with Crippen molar-refractivity contribution < 1.29 is 0 Å². The lowest BCUT2D eigenvalue weighted by molar-refractivity contribution is 0.419. The van der Waals surface area contributed by atoms with Crippen LogP contribution in [0.2, 0.25) is 0 Å². The maximum Gasteiger partial charge on any atom is 0.0352 e. The van der Waals surface area contributed by atoms with Crippen molar-refractivity contribution >= 4 is 22.9 Å². The first-order valence-electron chi connectivity index (χ1n) is 18.7. The van der Waals surface area contributed by atoms with Crippen LogP contribution in [0.25, 0.3) is 67.4 Å². The molecule has 52 heavy (non-hydrogen) atoms. The van der Waals surface area contributed by atoms with Gasteiger partial charge in [-0.15, -0.1) is 0 Å². The van der Waals surface area contributed by atoms with Gasteiger partial charge in [0.2, 0.25) is 0 Å². The van der Waals surface area contributed by atoms with Crippen LogP contribution in [0.1, 0.15) is 72.9 Å². The lowest BCUT2D eigenvalue weighted by Crippen LogP contribution is -2.25. The van der Waals surface area contributed by atoms with Gasteiger partial charge in [0.15, 0.2) is 0 Å². The SMILES string of the molecule is CC1C(C(C)(C)C)=Cc2ccc3c(-c4cccc(C5c6ccccc6-c6ccccc65)c4)cc(-c4ccc(-c5cccnc5)cc4)c4c3c2C1C=C4. The van der Waals surface area contributed by atoms with E-state index >= 15 is 0 Å². The zero-order valence-corrected chi connectivity index (χ0v) is 30.2. The van der Waals surface area contributed by atoms with Crippen LogP contribution >= 0.6 is 0 Å². The van der Waals surface area contributed by atoms with E-state index in [2.05, 4.69) is 172 Å². The smallest absolute Gasteiger partial charge is 0.0352 e. The van der Waals surface area contributed by atoms with E-state index in [4.69, 9.17) is 0 Å². The van der Waals surface area contributed by atoms with Crippen LogP contribution in [0, 0.1) is 11.3 Å². The number of aromatic nitrogens is 1. The van der Waals surface area contributed by atoms with Crippen molar-refractivity contribution in [3.63, 3.8) is 0 Å². The zero-order valence-electron chi connectivity index (χ0n) is 30.2. The fraction of sp³-hybridized carbons (Fsp3) is 0.157. The molecule has 1 heteroatoms. The topological polar surface area (TPSA) is 12.9 Å². The first-order chi connectivity index (χ1) is 25.3. The summed E-state index contributed by atoms with van der Waals surface area (Å²) in [5, 5.41) is 2.75. The van der Waals surface area contributed by atoms with Crippen molar-refractivity contribution in [2.75, 3.05) is 0 Å². The minimum Gasteiger partial charge on any atom is -0.264 e. The molecule has 250 valence electrons. The van der Waals surface area contributed by atoms with Crippen molar-refractivity contribution in [3.8, 4) is 44.5 Å². The van der Waals surface area contributed by atoms with E-state index in [1.807, 2.05) is 18.5 Å². The van der Waals surface area contributed by atoms with E-state index in [9.17, 15) is 0 Å². The fourth-order valence-corrected chi connectivity index (χ4v) is 9.60. The number of pyridine rings is 1. The van der Waals surface area contributed by atoms with Crippen molar-refractivity contribution in [3.05, 3.63) is 185 Å². The number of benzene rings is 6. The van der Waals surface area contributed by atoms with Gasteiger partial charge in [-0.05, 0) is 112 Å². The van der Waals surface area contributed by atoms with E-state index in [1.165, 1.54) is 88.7 Å². The van der Waals surface area contributed by atoms with E-state index in [0.717, 1.165) is 5.56 Å². The minimum absolute atomic E-state index is 0.112. The molecule has 10 rings (SSSR count). The van der Waals surface area contributed by atoms with Gasteiger partial charge >= 0.3 is 0 Å². The Labute approximate surface area is 307 Å². The highest BCUT2D eigenvalue weighted by Gasteiger charge is 2.36. The quantitative estimate of drug-likeness (QED) is 0.182. The molecule has 6 aromatic carbocycles. The van der Waals surface area contributed by atoms with Crippen LogP contribution < -0.4 is 0 Å². The molecule has 0 aliphatic heterocycles. The Bertz CT molecular complexity index is 2570. The Morgan fingerprint density at radius 2 is 1.31 bits per heavy atom. The van der Waals surface area contributed by atoms with Gasteiger partial charge in [0.25, 0.3) is 0 Å². The first kappa shape index (κ1) is 31.0. The highest BCUT2D eigenvalue weighted by Crippen LogP contribution is 2.54. The average Bonchev–Trinajstić information content (AvgIpc) is 3.52. The van der Waals surface area contributed by atoms with Gasteiger partial charge in [-0.25, -0.2) is 0 Å². The maximum absolute atomic E-state index is 4.37. The molecule has 0 bridgehead atoms. The highest BCUT2D eigenvalue weighted by atomic mass is 14.6. The predicted octanol–water partition coefficient (Wildman–Crippen LogP) is 13.6. The number of hydrogen-bond donors (Lipinski definition) is 0. The second kappa shape index (κ2) is 11.6. The summed E-state index contributed by atoms with van der Waals surface area (Å²) in [5.41, 5.74) is 20.0. The van der Waals surface area contributed by atoms with E-state index < -0.39 is 0 Å². The molecular weight excluding hydrogens is 627 g/mol. The number of rotatable bonds is 4. The normalized spacial score (nSPS) is 17.2. The predicted molar refractivity (Wildman–Crippen MR) is 219 cm³/mol. The summed E-state index contributed by atoms with van der Waals surface area (Å²) in [4.78, 5) is 4.37. The van der Waals surface area contributed by atoms with Gasteiger partial charge in [0.05, 0.1) is 0 Å². The summed E-state index contributed by atoms with van der Waals surface area (Å²) in [6.07, 6.45) is 11.2. The summed E-state index contributed by atoms with van der Waals surface area (Å²) in [6.45, 7) is 9.51. The average molecular weight is 668 g/mol. The Kier molecular flexibility index (Phi) is 6.92. The molecule has 0 fully saturated rings. The van der Waals surface area contributed by atoms with E-state index in [1.54, 1.807) is 0 Å². The number of fused-ring (bicyclic) bond motifs is 3. The van der Waals surface area contributed by atoms with E-state index in [0.29, 0.717) is 11.8 Å². The Hall–Kier alpha value is -5.79. The zero-order chi connectivity index (χ0) is 35.1. The summed E-state index contributed by atoms with van der Waals surface area (Å²) in [7, 11) is 0. The van der Waals surface area contributed by atoms with Crippen LogP contribution in [0.3, 0.4) is 0 Å². The van der Waals surface area contributed by atoms with Gasteiger partial charge < -0.3 is 0 Å². The Morgan fingerprint density at radius 3 is 2.02 bits per heavy atom. The van der Waals surface area contributed by atoms with Gasteiger partial charge in [-0.3, -0.25) is 4.98 Å². The minimum atomic E-state index is 0.112. The van der Waals surface area contributed by atoms with Crippen molar-refractivity contribution in [1.29, 1.82) is 0 Å². The molecule has 0 N–H and O–H groups in total. The van der Waals surface area contributed by atoms with Crippen LogP contribution in [-0.4, -0.2) is 4.98 Å². The summed E-state index contributed by atoms with van der Waals surface area (Å²) >= 11 is 0. The number of allylic oxidation sites excluding steroid dienone is 2. The summed E-state index contributed by atoms with van der Waals surface area (Å²) in [5.74, 6) is 0.983. The van der Waals surface area contributed by atoms with Crippen molar-refractivity contribution in [2.45, 2.75) is 39.5 Å². The molecule has 3 aliphatic carbocycles. The molecule has 1 nitrogen and oxygen atoms in total. The van der Waals surface area contributed by atoms with Gasteiger partial charge in [-0.1, -0.05) is 167 Å². The van der Waals surface area contributed by atoms with Crippen LogP contribution in [-0.2, 0) is 0 Å². The Morgan fingerprint density at radius 1 is 0.596 bits per heavy atom. The molecule has 3 aliphatic rings. The molecule has 1 aromatic heterocycles. The molecule has 0 saturated carbocycles. The summed E-state index contributed by atoms with van der Waals surface area (Å²) in [6, 6.07) is 47.7. The third kappa shape index (κ3) is 4.72. The molecule has 0 amide bonds. The van der Waals surface area contributed by atoms with Crippen LogP contribution in [0.15, 0.2) is 151 Å². The second-order valence-electron chi connectivity index (χ2n) is 16.0. The third-order valence-electron chi connectivity index (χ3n) is 12.0. The Balaban J connectivity index is 1.20. The lowest BCUT2D eigenvalue weighted by Gasteiger charge is -2.39. The second-order valence-corrected chi connectivity index (χ2v) is 16.0.